The van der Waals surface area contributed by atoms with Gasteiger partial charge in [0.25, 0.3) is 0 Å². The van der Waals surface area contributed by atoms with Crippen molar-refractivity contribution in [2.24, 2.45) is 5.92 Å². The van der Waals surface area contributed by atoms with E-state index >= 15 is 0 Å². The van der Waals surface area contributed by atoms with Crippen LogP contribution in [0.2, 0.25) is 0 Å². The normalized spacial score (nSPS) is 20.9. The minimum absolute atomic E-state index is 0.261. The summed E-state index contributed by atoms with van der Waals surface area (Å²) < 4.78 is 0. The molecule has 0 radical (unpaired) electrons. The zero-order valence-corrected chi connectivity index (χ0v) is 11.0. The van der Waals surface area contributed by atoms with Crippen molar-refractivity contribution in [3.8, 4) is 6.07 Å². The second-order valence-corrected chi connectivity index (χ2v) is 5.16. The van der Waals surface area contributed by atoms with Gasteiger partial charge in [-0.1, -0.05) is 12.1 Å². The topological polar surface area (TPSA) is 64.3 Å². The number of benzene rings is 1. The molecule has 1 N–H and O–H groups in total. The molecule has 1 heterocycles. The van der Waals surface area contributed by atoms with Crippen molar-refractivity contribution in [1.82, 2.24) is 4.90 Å². The number of carboxylic acids is 1. The highest BCUT2D eigenvalue weighted by Crippen LogP contribution is 2.28. The van der Waals surface area contributed by atoms with Crippen molar-refractivity contribution in [1.29, 1.82) is 5.26 Å². The van der Waals surface area contributed by atoms with Gasteiger partial charge in [-0.25, -0.2) is 0 Å². The molecule has 4 nitrogen and oxygen atoms in total. The van der Waals surface area contributed by atoms with E-state index in [1.165, 1.54) is 5.56 Å². The Hall–Kier alpha value is -1.86. The zero-order chi connectivity index (χ0) is 13.8. The predicted octanol–water partition coefficient (Wildman–Crippen LogP) is 2.42. The molecule has 100 valence electrons. The standard InChI is InChI=1S/C15H18N2O2/c1-11(14-4-2-12(9-16)3-5-14)17-7-6-13(10-17)8-15(18)19/h2-5,11,13H,6-8,10H2,1H3,(H,18,19). The number of carbonyl (C=O) groups is 1. The van der Waals surface area contributed by atoms with E-state index in [0.717, 1.165) is 19.5 Å². The van der Waals surface area contributed by atoms with E-state index in [1.54, 1.807) is 0 Å². The van der Waals surface area contributed by atoms with Gasteiger partial charge in [-0.2, -0.15) is 5.26 Å². The molecule has 1 saturated heterocycles. The highest BCUT2D eigenvalue weighted by Gasteiger charge is 2.27. The van der Waals surface area contributed by atoms with Crippen molar-refractivity contribution in [3.05, 3.63) is 35.4 Å². The minimum atomic E-state index is -0.710. The lowest BCUT2D eigenvalue weighted by molar-refractivity contribution is -0.138. The van der Waals surface area contributed by atoms with Crippen molar-refractivity contribution < 1.29 is 9.90 Å². The van der Waals surface area contributed by atoms with E-state index in [1.807, 2.05) is 24.3 Å². The Morgan fingerprint density at radius 3 is 2.79 bits per heavy atom. The van der Waals surface area contributed by atoms with Gasteiger partial charge in [-0.15, -0.1) is 0 Å². The fraction of sp³-hybridized carbons (Fsp3) is 0.467. The smallest absolute Gasteiger partial charge is 0.303 e. The van der Waals surface area contributed by atoms with E-state index in [-0.39, 0.29) is 18.4 Å². The molecule has 1 aromatic carbocycles. The van der Waals surface area contributed by atoms with Crippen molar-refractivity contribution in [3.63, 3.8) is 0 Å². The highest BCUT2D eigenvalue weighted by atomic mass is 16.4. The third-order valence-corrected chi connectivity index (χ3v) is 3.85. The Balaban J connectivity index is 1.98. The Morgan fingerprint density at radius 1 is 1.53 bits per heavy atom. The van der Waals surface area contributed by atoms with Crippen LogP contribution < -0.4 is 0 Å². The summed E-state index contributed by atoms with van der Waals surface area (Å²) in [6.07, 6.45) is 1.21. The van der Waals surface area contributed by atoms with Crippen LogP contribution in [0.5, 0.6) is 0 Å². The van der Waals surface area contributed by atoms with Gasteiger partial charge in [-0.05, 0) is 43.5 Å². The first-order valence-electron chi connectivity index (χ1n) is 6.56. The van der Waals surface area contributed by atoms with Crippen molar-refractivity contribution >= 4 is 5.97 Å². The molecule has 1 aliphatic heterocycles. The molecule has 0 spiro atoms. The maximum absolute atomic E-state index is 10.7. The number of hydrogen-bond acceptors (Lipinski definition) is 3. The molecule has 2 unspecified atom stereocenters. The predicted molar refractivity (Wildman–Crippen MR) is 71.5 cm³/mol. The molecular formula is C15H18N2O2. The average molecular weight is 258 g/mol. The van der Waals surface area contributed by atoms with Gasteiger partial charge in [0, 0.05) is 19.0 Å². The highest BCUT2D eigenvalue weighted by molar-refractivity contribution is 5.67. The summed E-state index contributed by atoms with van der Waals surface area (Å²) in [5.74, 6) is -0.448. The summed E-state index contributed by atoms with van der Waals surface area (Å²) in [5.41, 5.74) is 1.84. The third kappa shape index (κ3) is 3.33. The molecule has 1 aromatic rings. The molecule has 0 saturated carbocycles. The monoisotopic (exact) mass is 258 g/mol. The molecule has 2 rings (SSSR count). The van der Waals surface area contributed by atoms with Gasteiger partial charge in [0.15, 0.2) is 0 Å². The molecule has 0 aliphatic carbocycles. The number of rotatable bonds is 4. The summed E-state index contributed by atoms with van der Waals surface area (Å²) in [4.78, 5) is 13.0. The van der Waals surface area contributed by atoms with Crippen LogP contribution >= 0.6 is 0 Å². The van der Waals surface area contributed by atoms with Crippen LogP contribution in [-0.2, 0) is 4.79 Å². The van der Waals surface area contributed by atoms with Crippen LogP contribution in [0.25, 0.3) is 0 Å². The molecule has 0 aromatic heterocycles. The van der Waals surface area contributed by atoms with E-state index in [4.69, 9.17) is 10.4 Å². The van der Waals surface area contributed by atoms with Gasteiger partial charge in [0.05, 0.1) is 11.6 Å². The minimum Gasteiger partial charge on any atom is -0.481 e. The molecule has 19 heavy (non-hydrogen) atoms. The van der Waals surface area contributed by atoms with Gasteiger partial charge < -0.3 is 5.11 Å². The van der Waals surface area contributed by atoms with Crippen LogP contribution in [0.15, 0.2) is 24.3 Å². The van der Waals surface area contributed by atoms with E-state index in [9.17, 15) is 4.79 Å². The molecule has 1 aliphatic rings. The van der Waals surface area contributed by atoms with Crippen LogP contribution in [0.1, 0.15) is 36.9 Å². The fourth-order valence-corrected chi connectivity index (χ4v) is 2.67. The molecule has 1 fully saturated rings. The average Bonchev–Trinajstić information content (AvgIpc) is 2.85. The van der Waals surface area contributed by atoms with Crippen LogP contribution in [0.3, 0.4) is 0 Å². The van der Waals surface area contributed by atoms with Crippen LogP contribution in [0, 0.1) is 17.2 Å². The number of hydrogen-bond donors (Lipinski definition) is 1. The lowest BCUT2D eigenvalue weighted by atomic mass is 10.0. The molecule has 4 heteroatoms. The lowest BCUT2D eigenvalue weighted by Crippen LogP contribution is -2.25. The lowest BCUT2D eigenvalue weighted by Gasteiger charge is -2.24. The first-order chi connectivity index (χ1) is 9.10. The van der Waals surface area contributed by atoms with Crippen molar-refractivity contribution in [2.75, 3.05) is 13.1 Å². The number of carboxylic acid groups (broad SMARTS) is 1. The van der Waals surface area contributed by atoms with E-state index < -0.39 is 5.97 Å². The largest absolute Gasteiger partial charge is 0.481 e. The van der Waals surface area contributed by atoms with Gasteiger partial charge >= 0.3 is 5.97 Å². The Morgan fingerprint density at radius 2 is 2.21 bits per heavy atom. The van der Waals surface area contributed by atoms with Crippen LogP contribution in [0.4, 0.5) is 0 Å². The van der Waals surface area contributed by atoms with E-state index in [0.29, 0.717) is 5.56 Å². The van der Waals surface area contributed by atoms with Gasteiger partial charge in [-0.3, -0.25) is 9.69 Å². The SMILES string of the molecule is CC(c1ccc(C#N)cc1)N1CCC(CC(=O)O)C1. The van der Waals surface area contributed by atoms with E-state index in [2.05, 4.69) is 17.9 Å². The van der Waals surface area contributed by atoms with Crippen LogP contribution in [-0.4, -0.2) is 29.1 Å². The second-order valence-electron chi connectivity index (χ2n) is 5.16. The molecule has 2 atom stereocenters. The first kappa shape index (κ1) is 13.6. The summed E-state index contributed by atoms with van der Waals surface area (Å²) in [7, 11) is 0. The Kier molecular flexibility index (Phi) is 4.18. The zero-order valence-electron chi connectivity index (χ0n) is 11.0. The van der Waals surface area contributed by atoms with Gasteiger partial charge in [0.1, 0.15) is 0 Å². The Labute approximate surface area is 113 Å². The number of aliphatic carboxylic acids is 1. The first-order valence-corrected chi connectivity index (χ1v) is 6.56. The quantitative estimate of drug-likeness (QED) is 0.900. The fourth-order valence-electron chi connectivity index (χ4n) is 2.67. The summed E-state index contributed by atoms with van der Waals surface area (Å²) in [5, 5.41) is 17.6. The molecule has 0 bridgehead atoms. The summed E-state index contributed by atoms with van der Waals surface area (Å²) in [6.45, 7) is 3.91. The van der Waals surface area contributed by atoms with Gasteiger partial charge in [0.2, 0.25) is 0 Å². The molecule has 0 amide bonds. The number of nitriles is 1. The number of likely N-dealkylation sites (tertiary alicyclic amines) is 1. The van der Waals surface area contributed by atoms with Crippen molar-refractivity contribution in [2.45, 2.75) is 25.8 Å². The maximum atomic E-state index is 10.7. The number of nitrogens with zero attached hydrogens (tertiary/aromatic N) is 2. The second kappa shape index (κ2) is 5.85. The maximum Gasteiger partial charge on any atom is 0.303 e. The third-order valence-electron chi connectivity index (χ3n) is 3.85. The Bertz CT molecular complexity index is 490. The summed E-state index contributed by atoms with van der Waals surface area (Å²) >= 11 is 0. The molecular weight excluding hydrogens is 240 g/mol. The summed E-state index contributed by atoms with van der Waals surface area (Å²) in [6, 6.07) is 10.0.